The van der Waals surface area contributed by atoms with Crippen LogP contribution in [0.2, 0.25) is 0 Å². The maximum atomic E-state index is 14.2. The number of aliphatic hydroxyl groups is 1. The van der Waals surface area contributed by atoms with E-state index in [2.05, 4.69) is 10.2 Å². The van der Waals surface area contributed by atoms with Crippen LogP contribution < -0.4 is 5.32 Å². The number of hydrogen-bond donors (Lipinski definition) is 2. The van der Waals surface area contributed by atoms with Crippen LogP contribution in [0.4, 0.5) is 17.6 Å². The molecule has 1 heterocycles. The van der Waals surface area contributed by atoms with Crippen molar-refractivity contribution in [2.45, 2.75) is 56.3 Å². The monoisotopic (exact) mass is 520 g/mol. The summed E-state index contributed by atoms with van der Waals surface area (Å²) in [5.41, 5.74) is -1.93. The molecule has 0 radical (unpaired) electrons. The van der Waals surface area contributed by atoms with Crippen LogP contribution in [0.15, 0.2) is 54.6 Å². The van der Waals surface area contributed by atoms with Crippen molar-refractivity contribution < 1.29 is 32.3 Å². The zero-order chi connectivity index (χ0) is 26.7. The summed E-state index contributed by atoms with van der Waals surface area (Å²) in [6, 6.07) is 13.8. The molecule has 2 aromatic carbocycles. The number of carbonyl (C=O) groups excluding carboxylic acids is 2. The second-order valence-corrected chi connectivity index (χ2v) is 10.5. The number of nitrogens with zero attached hydrogens (tertiary/aromatic N) is 1. The summed E-state index contributed by atoms with van der Waals surface area (Å²) < 4.78 is 52.9. The molecule has 200 valence electrons. The minimum Gasteiger partial charge on any atom is -0.385 e. The number of carbonyl (C=O) groups is 2. The second-order valence-electron chi connectivity index (χ2n) is 10.5. The molecular formula is C28H32F4N2O3. The lowest BCUT2D eigenvalue weighted by molar-refractivity contribution is -0.137. The highest BCUT2D eigenvalue weighted by atomic mass is 19.4. The van der Waals surface area contributed by atoms with Crippen LogP contribution in [0, 0.1) is 5.41 Å². The van der Waals surface area contributed by atoms with E-state index in [1.807, 2.05) is 30.3 Å². The number of ketones is 1. The van der Waals surface area contributed by atoms with Crippen LogP contribution in [-0.4, -0.2) is 54.0 Å². The Kier molecular flexibility index (Phi) is 8.04. The average Bonchev–Trinajstić information content (AvgIpc) is 3.32. The maximum Gasteiger partial charge on any atom is 0.416 e. The summed E-state index contributed by atoms with van der Waals surface area (Å²) in [5, 5.41) is 13.5. The Morgan fingerprint density at radius 1 is 1.03 bits per heavy atom. The molecule has 0 aromatic heterocycles. The first-order chi connectivity index (χ1) is 17.5. The van der Waals surface area contributed by atoms with Crippen molar-refractivity contribution in [3.8, 4) is 0 Å². The van der Waals surface area contributed by atoms with Gasteiger partial charge in [0.25, 0.3) is 5.91 Å². The third kappa shape index (κ3) is 6.38. The molecule has 1 amide bonds. The molecule has 9 heteroatoms. The Bertz CT molecular complexity index is 1100. The first kappa shape index (κ1) is 27.3. The summed E-state index contributed by atoms with van der Waals surface area (Å²) in [6.45, 7) is 0.0370. The summed E-state index contributed by atoms with van der Waals surface area (Å²) >= 11 is 0. The van der Waals surface area contributed by atoms with Crippen molar-refractivity contribution >= 4 is 11.7 Å². The van der Waals surface area contributed by atoms with Crippen molar-refractivity contribution in [1.82, 2.24) is 10.2 Å². The molecule has 1 saturated carbocycles. The van der Waals surface area contributed by atoms with E-state index in [0.29, 0.717) is 32.4 Å². The van der Waals surface area contributed by atoms with E-state index in [-0.39, 0.29) is 30.4 Å². The molecule has 2 aromatic rings. The Morgan fingerprint density at radius 2 is 1.73 bits per heavy atom. The lowest BCUT2D eigenvalue weighted by atomic mass is 9.77. The Hall–Kier alpha value is -2.78. The summed E-state index contributed by atoms with van der Waals surface area (Å²) in [7, 11) is 0. The third-order valence-corrected chi connectivity index (χ3v) is 7.83. The number of hydrogen-bond acceptors (Lipinski definition) is 4. The zero-order valence-electron chi connectivity index (χ0n) is 20.6. The quantitative estimate of drug-likeness (QED) is 0.487. The molecule has 5 nitrogen and oxygen atoms in total. The van der Waals surface area contributed by atoms with Gasteiger partial charge in [0, 0.05) is 30.0 Å². The van der Waals surface area contributed by atoms with Crippen LogP contribution in [0.1, 0.15) is 60.0 Å². The molecule has 1 unspecified atom stereocenters. The minimum atomic E-state index is -4.58. The Labute approximate surface area is 213 Å². The van der Waals surface area contributed by atoms with Gasteiger partial charge in [-0.3, -0.25) is 18.9 Å². The van der Waals surface area contributed by atoms with Crippen molar-refractivity contribution in [3.05, 3.63) is 71.3 Å². The van der Waals surface area contributed by atoms with Gasteiger partial charge in [0.2, 0.25) is 0 Å². The van der Waals surface area contributed by atoms with Crippen LogP contribution >= 0.6 is 0 Å². The molecular weight excluding hydrogens is 488 g/mol. The summed E-state index contributed by atoms with van der Waals surface area (Å²) in [4.78, 5) is 27.1. The fourth-order valence-electron chi connectivity index (χ4n) is 5.66. The van der Waals surface area contributed by atoms with Gasteiger partial charge >= 0.3 is 6.18 Å². The first-order valence-corrected chi connectivity index (χ1v) is 12.6. The smallest absolute Gasteiger partial charge is 0.385 e. The molecule has 2 aliphatic rings. The van der Waals surface area contributed by atoms with E-state index < -0.39 is 35.3 Å². The molecule has 0 spiro atoms. The fraction of sp³-hybridized carbons (Fsp3) is 0.500. The lowest BCUT2D eigenvalue weighted by Gasteiger charge is -2.40. The average molecular weight is 521 g/mol. The maximum absolute atomic E-state index is 14.2. The molecule has 37 heavy (non-hydrogen) atoms. The highest BCUT2D eigenvalue weighted by Gasteiger charge is 2.44. The predicted molar refractivity (Wildman–Crippen MR) is 131 cm³/mol. The van der Waals surface area contributed by atoms with Crippen molar-refractivity contribution in [2.75, 3.05) is 26.3 Å². The van der Waals surface area contributed by atoms with E-state index in [0.717, 1.165) is 36.6 Å². The SMILES string of the molecule is O=C(CNC(=O)c1cccc(C(F)(F)F)c1)CC1(CF)CCN(C2CCC(O)(c3ccccc3)CC2)C1. The topological polar surface area (TPSA) is 69.6 Å². The van der Waals surface area contributed by atoms with E-state index in [1.54, 1.807) is 0 Å². The second kappa shape index (κ2) is 10.9. The molecule has 2 fully saturated rings. The number of alkyl halides is 4. The van der Waals surface area contributed by atoms with E-state index in [4.69, 9.17) is 0 Å². The summed E-state index contributed by atoms with van der Waals surface area (Å²) in [5.74, 6) is -1.14. The van der Waals surface area contributed by atoms with Crippen molar-refractivity contribution in [3.63, 3.8) is 0 Å². The number of benzene rings is 2. The highest BCUT2D eigenvalue weighted by Crippen LogP contribution is 2.42. The first-order valence-electron chi connectivity index (χ1n) is 12.6. The standard InChI is InChI=1S/C28H32F4N2O3/c29-18-26(16-24(35)17-33-25(36)20-5-4-8-22(15-20)28(30,31)32)13-14-34(19-26)23-9-11-27(37,12-10-23)21-6-2-1-3-7-21/h1-8,15,23,37H,9-14,16-19H2,(H,33,36). The van der Waals surface area contributed by atoms with Crippen LogP contribution in [0.5, 0.6) is 0 Å². The summed E-state index contributed by atoms with van der Waals surface area (Å²) in [6.07, 6.45) is -1.35. The minimum absolute atomic E-state index is 0.0520. The van der Waals surface area contributed by atoms with Gasteiger partial charge in [-0.05, 0) is 62.4 Å². The van der Waals surface area contributed by atoms with E-state index in [1.165, 1.54) is 6.07 Å². The van der Waals surface area contributed by atoms with Gasteiger partial charge < -0.3 is 10.4 Å². The molecule has 1 aliphatic carbocycles. The third-order valence-electron chi connectivity index (χ3n) is 7.83. The van der Waals surface area contributed by atoms with E-state index >= 15 is 0 Å². The molecule has 1 atom stereocenters. The Morgan fingerprint density at radius 3 is 2.38 bits per heavy atom. The Balaban J connectivity index is 1.28. The number of Topliss-reactive ketones (excluding diaryl/α,β-unsaturated/α-hetero) is 1. The molecule has 2 N–H and O–H groups in total. The van der Waals surface area contributed by atoms with E-state index in [9.17, 15) is 32.3 Å². The normalized spacial score (nSPS) is 26.7. The number of likely N-dealkylation sites (tertiary alicyclic amines) is 1. The van der Waals surface area contributed by atoms with Crippen LogP contribution in [0.25, 0.3) is 0 Å². The fourth-order valence-corrected chi connectivity index (χ4v) is 5.66. The van der Waals surface area contributed by atoms with Gasteiger partial charge in [-0.2, -0.15) is 13.2 Å². The predicted octanol–water partition coefficient (Wildman–Crippen LogP) is 4.89. The van der Waals surface area contributed by atoms with Gasteiger partial charge in [-0.1, -0.05) is 36.4 Å². The highest BCUT2D eigenvalue weighted by molar-refractivity contribution is 5.97. The number of rotatable bonds is 8. The van der Waals surface area contributed by atoms with Gasteiger partial charge in [0.05, 0.1) is 24.4 Å². The largest absolute Gasteiger partial charge is 0.416 e. The lowest BCUT2D eigenvalue weighted by Crippen LogP contribution is -2.43. The number of nitrogens with one attached hydrogen (secondary N) is 1. The van der Waals surface area contributed by atoms with Gasteiger partial charge in [0.1, 0.15) is 0 Å². The number of halogens is 4. The van der Waals surface area contributed by atoms with Crippen molar-refractivity contribution in [2.24, 2.45) is 5.41 Å². The van der Waals surface area contributed by atoms with Gasteiger partial charge in [-0.25, -0.2) is 0 Å². The number of amides is 1. The molecule has 4 rings (SSSR count). The van der Waals surface area contributed by atoms with Gasteiger partial charge in [-0.15, -0.1) is 0 Å². The molecule has 0 bridgehead atoms. The van der Waals surface area contributed by atoms with Crippen LogP contribution in [0.3, 0.4) is 0 Å². The van der Waals surface area contributed by atoms with Gasteiger partial charge in [0.15, 0.2) is 5.78 Å². The van der Waals surface area contributed by atoms with Crippen molar-refractivity contribution in [1.29, 1.82) is 0 Å². The molecule has 1 saturated heterocycles. The van der Waals surface area contributed by atoms with Crippen LogP contribution in [-0.2, 0) is 16.6 Å². The molecule has 1 aliphatic heterocycles. The zero-order valence-corrected chi connectivity index (χ0v) is 20.6.